The first kappa shape index (κ1) is 61.9. The Morgan fingerprint density at radius 2 is 1.09 bits per heavy atom. The fourth-order valence-corrected chi connectivity index (χ4v) is 12.5. The summed E-state index contributed by atoms with van der Waals surface area (Å²) in [6, 6.07) is 17.4. The first-order valence-corrected chi connectivity index (χ1v) is 30.9. The quantitative estimate of drug-likeness (QED) is 0.0267. The van der Waals surface area contributed by atoms with Gasteiger partial charge in [-0.25, -0.2) is 9.78 Å². The molecule has 2 amide bonds. The average molecular weight is 1280 g/mol. The Balaban J connectivity index is 1.45. The zero-order valence-corrected chi connectivity index (χ0v) is 47.2. The number of nitrogens with zero attached hydrogens (tertiary/aromatic N) is 8. The highest BCUT2D eigenvalue weighted by Crippen LogP contribution is 2.49. The molecule has 10 N–H and O–H groups in total. The summed E-state index contributed by atoms with van der Waals surface area (Å²) in [5, 5.41) is 62.3. The zero-order chi connectivity index (χ0) is 60.4. The van der Waals surface area contributed by atoms with Gasteiger partial charge in [0.1, 0.15) is 48.0 Å². The van der Waals surface area contributed by atoms with E-state index in [-0.39, 0.29) is 90.3 Å². The molecule has 0 bridgehead atoms. The lowest BCUT2D eigenvalue weighted by Gasteiger charge is -2.21. The molecule has 428 valence electrons. The molecule has 0 fully saturated rings. The van der Waals surface area contributed by atoms with E-state index in [2.05, 4.69) is 41.4 Å². The number of anilines is 5. The Labute approximate surface area is 478 Å². The van der Waals surface area contributed by atoms with Gasteiger partial charge in [-0.3, -0.25) is 22.8 Å². The Morgan fingerprint density at radius 1 is 0.598 bits per heavy atom. The van der Waals surface area contributed by atoms with Gasteiger partial charge in [-0.15, -0.1) is 20.5 Å². The van der Waals surface area contributed by atoms with Gasteiger partial charge in [0, 0.05) is 52.1 Å². The van der Waals surface area contributed by atoms with Crippen molar-refractivity contribution < 1.29 is 79.9 Å². The van der Waals surface area contributed by atoms with E-state index in [9.17, 15) is 90.4 Å². The van der Waals surface area contributed by atoms with Crippen molar-refractivity contribution in [1.82, 2.24) is 9.88 Å². The van der Waals surface area contributed by atoms with Crippen molar-refractivity contribution in [3.05, 3.63) is 112 Å². The molecule has 0 saturated heterocycles. The summed E-state index contributed by atoms with van der Waals surface area (Å²) in [6.45, 7) is 0.187. The van der Waals surface area contributed by atoms with Gasteiger partial charge in [0.15, 0.2) is 16.6 Å². The predicted molar refractivity (Wildman–Crippen MR) is 294 cm³/mol. The largest absolute Gasteiger partial charge is 0.395 e. The van der Waals surface area contributed by atoms with Crippen LogP contribution in [0.25, 0.3) is 21.9 Å². The molecule has 7 aromatic rings. The first-order chi connectivity index (χ1) is 38.3. The summed E-state index contributed by atoms with van der Waals surface area (Å²) in [6.07, 6.45) is 0. The van der Waals surface area contributed by atoms with Crippen LogP contribution in [0.4, 0.5) is 54.9 Å². The lowest BCUT2D eigenvalue weighted by Crippen LogP contribution is -2.38. The molecule has 2 aromatic heterocycles. The Morgan fingerprint density at radius 3 is 1.59 bits per heavy atom. The van der Waals surface area contributed by atoms with Crippen molar-refractivity contribution >= 4 is 152 Å². The number of azo groups is 2. The number of aliphatic hydroxyl groups is 2. The van der Waals surface area contributed by atoms with E-state index < -0.39 is 116 Å². The van der Waals surface area contributed by atoms with Crippen LogP contribution in [0.2, 0.25) is 10.0 Å². The summed E-state index contributed by atoms with van der Waals surface area (Å²) in [5.74, 6) is -0.658. The molecule has 0 unspecified atom stereocenters. The number of hydrogen-bond donors (Lipinski definition) is 10. The number of carbonyl (C=O) groups excluding carboxylic acids is 1. The van der Waals surface area contributed by atoms with Crippen LogP contribution in [-0.4, -0.2) is 117 Å². The molecule has 0 spiro atoms. The molecule has 2 heterocycles. The van der Waals surface area contributed by atoms with Gasteiger partial charge in [-0.1, -0.05) is 46.7 Å². The monoisotopic (exact) mass is 1280 g/mol. The molecule has 0 aliphatic carbocycles. The fourth-order valence-electron chi connectivity index (χ4n) is 7.55. The third kappa shape index (κ3) is 14.0. The second kappa shape index (κ2) is 24.0. The molecule has 0 aliphatic rings. The Bertz CT molecular complexity index is 4530. The van der Waals surface area contributed by atoms with Gasteiger partial charge in [0.2, 0.25) is 0 Å². The van der Waals surface area contributed by atoms with Crippen LogP contribution in [0.3, 0.4) is 0 Å². The molecular weight excluding hydrogens is 1250 g/mol. The molecule has 0 radical (unpaired) electrons. The normalized spacial score (nSPS) is 12.4. The molecule has 29 nitrogen and oxygen atoms in total. The van der Waals surface area contributed by atoms with Crippen LogP contribution >= 0.6 is 34.5 Å². The first-order valence-electron chi connectivity index (χ1n) is 22.1. The summed E-state index contributed by atoms with van der Waals surface area (Å²) >= 11 is 12.6. The predicted octanol–water partition coefficient (Wildman–Crippen LogP) is 8.69. The van der Waals surface area contributed by atoms with Gasteiger partial charge in [0.05, 0.1) is 39.4 Å². The molecular formula is C45H35Cl2N11O18S6. The van der Waals surface area contributed by atoms with Crippen LogP contribution in [0.15, 0.2) is 130 Å². The molecule has 82 heavy (non-hydrogen) atoms. The second-order valence-electron chi connectivity index (χ2n) is 16.6. The Hall–Kier alpha value is -7.69. The van der Waals surface area contributed by atoms with E-state index in [1.807, 2.05) is 12.1 Å². The van der Waals surface area contributed by atoms with Crippen molar-refractivity contribution in [2.75, 3.05) is 42.3 Å². The van der Waals surface area contributed by atoms with E-state index in [1.54, 1.807) is 0 Å². The third-order valence-electron chi connectivity index (χ3n) is 11.2. The maximum Gasteiger partial charge on any atom is 0.321 e. The second-order valence-corrected chi connectivity index (χ2v) is 25.3. The summed E-state index contributed by atoms with van der Waals surface area (Å²) in [7, 11) is -26.0. The van der Waals surface area contributed by atoms with Crippen molar-refractivity contribution in [2.45, 2.75) is 31.4 Å². The molecule has 0 atom stereocenters. The van der Waals surface area contributed by atoms with Gasteiger partial charge < -0.3 is 31.1 Å². The minimum absolute atomic E-state index is 0.0533. The minimum atomic E-state index is -5.46. The van der Waals surface area contributed by atoms with Crippen molar-refractivity contribution in [2.24, 2.45) is 20.5 Å². The van der Waals surface area contributed by atoms with Crippen molar-refractivity contribution in [3.63, 3.8) is 0 Å². The van der Waals surface area contributed by atoms with Gasteiger partial charge in [0.25, 0.3) is 50.6 Å². The summed E-state index contributed by atoms with van der Waals surface area (Å²) in [4.78, 5) is 13.4. The lowest BCUT2D eigenvalue weighted by atomic mass is 10.0. The fraction of sp³-hybridized carbons (Fsp3) is 0.111. The topological polar surface area (TPSA) is 479 Å². The Kier molecular flexibility index (Phi) is 18.1. The lowest BCUT2D eigenvalue weighted by molar-refractivity contribution is 0.167. The van der Waals surface area contributed by atoms with E-state index >= 15 is 0 Å². The van der Waals surface area contributed by atoms with Crippen LogP contribution in [0.5, 0.6) is 0 Å². The number of rotatable bonds is 19. The number of halogens is 2. The highest BCUT2D eigenvalue weighted by Gasteiger charge is 2.28. The van der Waals surface area contributed by atoms with Crippen molar-refractivity contribution in [3.8, 4) is 23.3 Å². The van der Waals surface area contributed by atoms with Crippen molar-refractivity contribution in [1.29, 1.82) is 10.5 Å². The number of nitriles is 2. The number of carbonyl (C=O) groups is 1. The van der Waals surface area contributed by atoms with E-state index in [1.165, 1.54) is 43.3 Å². The number of thiophene rings is 1. The molecule has 5 aromatic carbocycles. The smallest absolute Gasteiger partial charge is 0.321 e. The van der Waals surface area contributed by atoms with Crippen LogP contribution in [0.1, 0.15) is 16.7 Å². The summed E-state index contributed by atoms with van der Waals surface area (Å²) in [5.41, 5.74) is -1.60. The number of nitrogens with one attached hydrogen (secondary N) is 3. The highest BCUT2D eigenvalue weighted by atomic mass is 35.5. The SMILES string of the molecule is Cc1c(C#N)c(Nc2ccc(Cl)c(S(=O)(=O)O)c2)nc(Nc2ccc(Cl)c(S(=O)(=O)O)c2)c1N=Nc1sc(/N=N/c2cc(S(=O)(=O)O)c3cc(S(=O)(=O)O)cc(S(=O)(=O)O)c3c2)c(-c2ccc(NC(=O)N(CCO)CCO)cc2)c1C#N. The number of pyridine rings is 1. The molecule has 37 heteroatoms. The number of fused-ring (bicyclic) bond motifs is 1. The molecule has 0 saturated carbocycles. The molecule has 0 aliphatic heterocycles. The third-order valence-corrected chi connectivity index (χ3v) is 17.5. The summed E-state index contributed by atoms with van der Waals surface area (Å²) < 4.78 is 173. The zero-order valence-electron chi connectivity index (χ0n) is 40.8. The number of benzene rings is 5. The van der Waals surface area contributed by atoms with E-state index in [0.717, 1.165) is 35.2 Å². The van der Waals surface area contributed by atoms with Gasteiger partial charge in [-0.05, 0) is 85.3 Å². The van der Waals surface area contributed by atoms with E-state index in [0.29, 0.717) is 29.5 Å². The maximum absolute atomic E-state index is 13.0. The van der Waals surface area contributed by atoms with Gasteiger partial charge >= 0.3 is 6.03 Å². The molecule has 7 rings (SSSR count). The van der Waals surface area contributed by atoms with Crippen LogP contribution < -0.4 is 16.0 Å². The number of aromatic nitrogens is 1. The standard InChI is InChI=1S/C45H35Cl2N11O18S6/c1-22-31(20-48)41(50-25-6-8-33(46)37(15-25)81(71,72)73)53-42(51-26-7-9-34(47)38(16-26)82(74,75)76)40(22)55-56-43-32(21-49)39(23-2-4-24(5-3-23)52-45(61)58(10-12-59)11-13-60)44(77-43)57-54-27-14-29-30(35(17-27)79(65,66)67)18-28(78(62,63)64)19-36(29)80(68,69)70/h2-9,14-19,59-60H,10-13H2,1H3,(H,52,61)(H2,50,51,53)(H,62,63,64)(H,65,66,67)(H,68,69,70)(H,71,72,73)(H,74,75,76)/b56-55?,57-54+. The van der Waals surface area contributed by atoms with Crippen LogP contribution in [0, 0.1) is 29.6 Å². The highest BCUT2D eigenvalue weighted by molar-refractivity contribution is 7.87. The number of aliphatic hydroxyl groups excluding tert-OH is 2. The van der Waals surface area contributed by atoms with Crippen LogP contribution in [-0.2, 0) is 50.6 Å². The number of amides is 2. The minimum Gasteiger partial charge on any atom is -0.395 e. The number of urea groups is 1. The average Bonchev–Trinajstić information content (AvgIpc) is 2.59. The van der Waals surface area contributed by atoms with E-state index in [4.69, 9.17) is 23.2 Å². The van der Waals surface area contributed by atoms with Gasteiger partial charge in [-0.2, -0.15) is 52.6 Å². The number of hydrogen-bond acceptors (Lipinski definition) is 23. The maximum atomic E-state index is 13.0.